The second-order valence-electron chi connectivity index (χ2n) is 11.8. The van der Waals surface area contributed by atoms with Gasteiger partial charge in [0.2, 0.25) is 0 Å². The van der Waals surface area contributed by atoms with Crippen LogP contribution < -0.4 is 0 Å². The first-order valence-corrected chi connectivity index (χ1v) is 17.0. The predicted molar refractivity (Wildman–Crippen MR) is 162 cm³/mol. The van der Waals surface area contributed by atoms with Gasteiger partial charge in [-0.05, 0) is 156 Å². The zero-order chi connectivity index (χ0) is 26.6. The number of nitrogens with zero attached hydrogens (tertiary/aromatic N) is 3. The normalized spacial score (nSPS) is 13.4. The molecule has 0 bridgehead atoms. The highest BCUT2D eigenvalue weighted by atomic mass is 28.2. The van der Waals surface area contributed by atoms with E-state index < -0.39 is 9.76 Å². The van der Waals surface area contributed by atoms with Crippen molar-refractivity contribution in [3.8, 4) is 0 Å². The first-order chi connectivity index (χ1) is 16.7. The number of hydrogen-bond donors (Lipinski definition) is 0. The molecule has 212 valence electrons. The highest BCUT2D eigenvalue weighted by molar-refractivity contribution is 6.27. The van der Waals surface area contributed by atoms with E-state index in [9.17, 15) is 0 Å². The van der Waals surface area contributed by atoms with Crippen molar-refractivity contribution in [2.75, 3.05) is 60.4 Å². The van der Waals surface area contributed by atoms with Crippen molar-refractivity contribution in [2.45, 2.75) is 130 Å². The average Bonchev–Trinajstić information content (AvgIpc) is 2.82. The molecule has 4 nitrogen and oxygen atoms in total. The summed E-state index contributed by atoms with van der Waals surface area (Å²) in [6.07, 6.45) is 15.6. The van der Waals surface area contributed by atoms with Gasteiger partial charge in [-0.3, -0.25) is 0 Å². The highest BCUT2D eigenvalue weighted by Gasteiger charge is 2.29. The molecule has 0 rings (SSSR count). The largest absolute Gasteiger partial charge is 0.419 e. The average molecular weight is 514 g/mol. The van der Waals surface area contributed by atoms with Crippen LogP contribution in [0.5, 0.6) is 0 Å². The lowest BCUT2D eigenvalue weighted by Gasteiger charge is -2.37. The van der Waals surface area contributed by atoms with Gasteiger partial charge in [0.15, 0.2) is 9.76 Å². The van der Waals surface area contributed by atoms with E-state index in [4.69, 9.17) is 4.43 Å². The summed E-state index contributed by atoms with van der Waals surface area (Å²) in [4.78, 5) is 7.63. The molecule has 0 radical (unpaired) electrons. The van der Waals surface area contributed by atoms with Gasteiger partial charge in [0.25, 0.3) is 0 Å². The quantitative estimate of drug-likeness (QED) is 0.0984. The van der Waals surface area contributed by atoms with Crippen molar-refractivity contribution < 1.29 is 4.43 Å². The van der Waals surface area contributed by atoms with Crippen LogP contribution in [0.1, 0.15) is 119 Å². The molecule has 0 aliphatic heterocycles. The van der Waals surface area contributed by atoms with E-state index in [1.165, 1.54) is 110 Å². The summed E-state index contributed by atoms with van der Waals surface area (Å²) in [6.45, 7) is 21.2. The molecule has 0 spiro atoms. The summed E-state index contributed by atoms with van der Waals surface area (Å²) in [6, 6.07) is 1.34. The van der Waals surface area contributed by atoms with E-state index in [2.05, 4.69) is 77.4 Å². The first-order valence-electron chi connectivity index (χ1n) is 15.4. The number of hydrogen-bond acceptors (Lipinski definition) is 4. The molecule has 0 amide bonds. The lowest BCUT2D eigenvalue weighted by molar-refractivity contribution is 0.0830. The summed E-state index contributed by atoms with van der Waals surface area (Å²) in [5.74, 6) is 0. The minimum absolute atomic E-state index is 0.115. The Morgan fingerprint density at radius 1 is 0.571 bits per heavy atom. The van der Waals surface area contributed by atoms with E-state index in [1.807, 2.05) is 0 Å². The van der Waals surface area contributed by atoms with Gasteiger partial charge >= 0.3 is 0 Å². The van der Waals surface area contributed by atoms with Gasteiger partial charge in [-0.25, -0.2) is 0 Å². The van der Waals surface area contributed by atoms with Crippen molar-refractivity contribution in [1.29, 1.82) is 0 Å². The van der Waals surface area contributed by atoms with Crippen LogP contribution >= 0.6 is 0 Å². The molecule has 0 aromatic rings. The monoisotopic (exact) mass is 514 g/mol. The third-order valence-electron chi connectivity index (χ3n) is 8.35. The van der Waals surface area contributed by atoms with E-state index in [1.54, 1.807) is 0 Å². The Hall–Kier alpha value is 0.0569. The van der Waals surface area contributed by atoms with Gasteiger partial charge in [0.05, 0.1) is 5.60 Å². The molecule has 0 aliphatic carbocycles. The second kappa shape index (κ2) is 21.0. The van der Waals surface area contributed by atoms with Gasteiger partial charge < -0.3 is 19.1 Å². The summed E-state index contributed by atoms with van der Waals surface area (Å²) in [7, 11) is 6.45. The molecule has 5 heteroatoms. The van der Waals surface area contributed by atoms with E-state index in [0.717, 1.165) is 12.8 Å². The Balaban J connectivity index is 5.28. The van der Waals surface area contributed by atoms with Gasteiger partial charge in [0.1, 0.15) is 0 Å². The molecule has 0 aromatic heterocycles. The van der Waals surface area contributed by atoms with Gasteiger partial charge in [0, 0.05) is 0 Å². The third kappa shape index (κ3) is 17.2. The van der Waals surface area contributed by atoms with Crippen LogP contribution in [-0.2, 0) is 4.43 Å². The Labute approximate surface area is 224 Å². The van der Waals surface area contributed by atoms with Crippen LogP contribution in [0.15, 0.2) is 0 Å². The van der Waals surface area contributed by atoms with Crippen LogP contribution in [0.3, 0.4) is 0 Å². The van der Waals surface area contributed by atoms with Crippen molar-refractivity contribution in [3.05, 3.63) is 0 Å². The van der Waals surface area contributed by atoms with E-state index in [0.29, 0.717) is 5.41 Å². The van der Waals surface area contributed by atoms with Gasteiger partial charge in [-0.15, -0.1) is 0 Å². The number of rotatable bonds is 25. The standard InChI is InChI=1S/C30H67N3OSi/c1-10-22-31(7)25-15-18-30(19-16-26-32(8)23-11-2,20-17-27-33(9)24-12-3)21-28-35-34-29(6,13-4)14-5/h10-28,35H2,1-9H3. The minimum Gasteiger partial charge on any atom is -0.419 e. The molecule has 0 N–H and O–H groups in total. The van der Waals surface area contributed by atoms with Crippen molar-refractivity contribution in [2.24, 2.45) is 5.41 Å². The Bertz CT molecular complexity index is 427. The molecule has 0 unspecified atom stereocenters. The topological polar surface area (TPSA) is 19.0 Å². The van der Waals surface area contributed by atoms with Crippen molar-refractivity contribution in [1.82, 2.24) is 14.7 Å². The van der Waals surface area contributed by atoms with Crippen LogP contribution in [0, 0.1) is 5.41 Å². The summed E-state index contributed by atoms with van der Waals surface area (Å²) >= 11 is 0. The highest BCUT2D eigenvalue weighted by Crippen LogP contribution is 2.40. The predicted octanol–water partition coefficient (Wildman–Crippen LogP) is 6.83. The summed E-state index contributed by atoms with van der Waals surface area (Å²) in [5.41, 5.74) is 0.613. The Morgan fingerprint density at radius 3 is 1.26 bits per heavy atom. The van der Waals surface area contributed by atoms with Crippen molar-refractivity contribution in [3.63, 3.8) is 0 Å². The van der Waals surface area contributed by atoms with E-state index in [-0.39, 0.29) is 5.60 Å². The molecular weight excluding hydrogens is 446 g/mol. The molecule has 35 heavy (non-hydrogen) atoms. The fourth-order valence-corrected chi connectivity index (χ4v) is 7.56. The molecular formula is C30H67N3OSi. The smallest absolute Gasteiger partial charge is 0.162 e. The zero-order valence-electron chi connectivity index (χ0n) is 25.9. The summed E-state index contributed by atoms with van der Waals surface area (Å²) < 4.78 is 6.56. The van der Waals surface area contributed by atoms with Gasteiger partial charge in [-0.2, -0.15) is 0 Å². The maximum atomic E-state index is 6.56. The van der Waals surface area contributed by atoms with Crippen LogP contribution in [0.25, 0.3) is 0 Å². The Morgan fingerprint density at radius 2 is 0.943 bits per heavy atom. The SMILES string of the molecule is CCCN(C)CCCC(CCCN(C)CCC)(CCCN(C)CCC)CC[SiH2]OC(C)(CC)CC. The third-order valence-corrected chi connectivity index (χ3v) is 9.90. The lowest BCUT2D eigenvalue weighted by Crippen LogP contribution is -2.31. The molecule has 0 aromatic carbocycles. The van der Waals surface area contributed by atoms with Gasteiger partial charge in [-0.1, -0.05) is 34.6 Å². The molecule has 0 aliphatic rings. The fraction of sp³-hybridized carbons (Fsp3) is 1.00. The maximum Gasteiger partial charge on any atom is 0.162 e. The minimum atomic E-state index is -0.467. The zero-order valence-corrected chi connectivity index (χ0v) is 27.3. The van der Waals surface area contributed by atoms with Crippen molar-refractivity contribution >= 4 is 9.76 Å². The molecule has 0 atom stereocenters. The summed E-state index contributed by atoms with van der Waals surface area (Å²) in [5, 5.41) is 0. The van der Waals surface area contributed by atoms with Crippen LogP contribution in [-0.4, -0.2) is 90.5 Å². The lowest BCUT2D eigenvalue weighted by atomic mass is 9.73. The van der Waals surface area contributed by atoms with E-state index >= 15 is 0 Å². The van der Waals surface area contributed by atoms with Crippen LogP contribution in [0.2, 0.25) is 6.04 Å². The molecule has 0 fully saturated rings. The van der Waals surface area contributed by atoms with Crippen LogP contribution in [0.4, 0.5) is 0 Å². The Kier molecular flexibility index (Phi) is 21.1. The molecule has 0 saturated carbocycles. The fourth-order valence-electron chi connectivity index (χ4n) is 5.62. The first kappa shape index (κ1) is 35.1. The second-order valence-corrected chi connectivity index (χ2v) is 13.2. The molecule has 0 heterocycles. The maximum absolute atomic E-state index is 6.56. The molecule has 0 saturated heterocycles.